The molecular formula is C42H61F5O5S. The first-order valence-corrected chi connectivity index (χ1v) is 21.9. The molecule has 53 heavy (non-hydrogen) atoms. The molecule has 2 saturated carbocycles. The Morgan fingerprint density at radius 2 is 1.49 bits per heavy atom. The highest BCUT2D eigenvalue weighted by Crippen LogP contribution is 2.63. The molecule has 300 valence electrons. The van der Waals surface area contributed by atoms with Crippen molar-refractivity contribution in [1.82, 2.24) is 0 Å². The minimum absolute atomic E-state index is 0.0175. The topological polar surface area (TPSA) is 54.0 Å². The van der Waals surface area contributed by atoms with E-state index >= 15 is 0 Å². The van der Waals surface area contributed by atoms with E-state index in [9.17, 15) is 26.7 Å². The summed E-state index contributed by atoms with van der Waals surface area (Å²) in [6, 6.07) is 6.23. The number of benzene rings is 1. The molecule has 5 nitrogen and oxygen atoms in total. The maximum atomic E-state index is 14.6. The second kappa shape index (κ2) is 18.7. The molecule has 0 radical (unpaired) electrons. The quantitative estimate of drug-likeness (QED) is 0.109. The zero-order valence-electron chi connectivity index (χ0n) is 31.6. The van der Waals surface area contributed by atoms with E-state index in [2.05, 4.69) is 19.1 Å². The van der Waals surface area contributed by atoms with Gasteiger partial charge in [-0.25, -0.2) is 0 Å². The Balaban J connectivity index is 1.01. The number of carbonyl (C=O) groups excluding carboxylic acids is 1. The molecule has 6 rings (SSSR count). The maximum absolute atomic E-state index is 14.6. The van der Waals surface area contributed by atoms with Gasteiger partial charge in [0.15, 0.2) is 18.4 Å². The summed E-state index contributed by atoms with van der Waals surface area (Å²) in [5, 5.41) is 0. The Morgan fingerprint density at radius 1 is 0.811 bits per heavy atom. The van der Waals surface area contributed by atoms with Crippen LogP contribution in [0.15, 0.2) is 18.2 Å². The lowest BCUT2D eigenvalue weighted by Gasteiger charge is -2.53. The van der Waals surface area contributed by atoms with Crippen molar-refractivity contribution < 1.29 is 45.7 Å². The fraction of sp³-hybridized carbons (Fsp3) is 0.833. The summed E-state index contributed by atoms with van der Waals surface area (Å²) in [7, 11) is 0. The average molecular weight is 773 g/mol. The molecule has 1 aromatic rings. The van der Waals surface area contributed by atoms with Gasteiger partial charge in [0.25, 0.3) is 0 Å². The summed E-state index contributed by atoms with van der Waals surface area (Å²) >= 11 is 1.46. The Kier molecular flexibility index (Phi) is 14.5. The molecule has 3 aliphatic carbocycles. The zero-order valence-corrected chi connectivity index (χ0v) is 32.4. The fourth-order valence-electron chi connectivity index (χ4n) is 10.2. The molecule has 5 aliphatic rings. The number of carbonyl (C=O) groups is 1. The molecule has 2 saturated heterocycles. The molecule has 0 N–H and O–H groups in total. The molecule has 0 amide bonds. The molecule has 1 aromatic carbocycles. The van der Waals surface area contributed by atoms with Gasteiger partial charge in [0.1, 0.15) is 5.75 Å². The molecule has 8 atom stereocenters. The SMILES string of the molecule is C[C@]12CC[C@@H]3c4ccc(O[C@@H]5CCCCO5)cc4C(=O)[C@@H](CCCCCCCCCSCCCC(F)(F)C(F)(F)F)[C@H]3[C@@H]1CC[C@@H]2O[C@@H]1CCCCO1. The highest BCUT2D eigenvalue weighted by molar-refractivity contribution is 7.99. The summed E-state index contributed by atoms with van der Waals surface area (Å²) in [6.07, 6.45) is 11.8. The van der Waals surface area contributed by atoms with Crippen molar-refractivity contribution in [3.05, 3.63) is 29.3 Å². The summed E-state index contributed by atoms with van der Waals surface area (Å²) in [6.45, 7) is 3.91. The third-order valence-electron chi connectivity index (χ3n) is 13.1. The van der Waals surface area contributed by atoms with Crippen LogP contribution in [0, 0.1) is 23.2 Å². The molecule has 0 bridgehead atoms. The number of Topliss-reactive ketones (excluding diaryl/α,β-unsaturated/α-hetero) is 1. The van der Waals surface area contributed by atoms with Gasteiger partial charge >= 0.3 is 12.1 Å². The number of alkyl halides is 5. The largest absolute Gasteiger partial charge is 0.465 e. The number of ketones is 1. The highest BCUT2D eigenvalue weighted by Gasteiger charge is 2.59. The summed E-state index contributed by atoms with van der Waals surface area (Å²) in [5.74, 6) is -1.41. The molecule has 0 aromatic heterocycles. The van der Waals surface area contributed by atoms with Gasteiger partial charge in [0, 0.05) is 30.9 Å². The van der Waals surface area contributed by atoms with Gasteiger partial charge in [0.2, 0.25) is 0 Å². The van der Waals surface area contributed by atoms with Crippen LogP contribution in [0.3, 0.4) is 0 Å². The fourth-order valence-corrected chi connectivity index (χ4v) is 11.1. The van der Waals surface area contributed by atoms with Crippen molar-refractivity contribution in [1.29, 1.82) is 0 Å². The Morgan fingerprint density at radius 3 is 2.19 bits per heavy atom. The number of unbranched alkanes of at least 4 members (excludes halogenated alkanes) is 6. The van der Waals surface area contributed by atoms with E-state index in [-0.39, 0.29) is 42.2 Å². The summed E-state index contributed by atoms with van der Waals surface area (Å²) in [5.41, 5.74) is 2.08. The van der Waals surface area contributed by atoms with Crippen LogP contribution in [0.4, 0.5) is 22.0 Å². The van der Waals surface area contributed by atoms with E-state index in [0.29, 0.717) is 30.1 Å². The first-order chi connectivity index (χ1) is 25.5. The van der Waals surface area contributed by atoms with Gasteiger partial charge in [-0.1, -0.05) is 51.5 Å². The van der Waals surface area contributed by atoms with Crippen molar-refractivity contribution in [2.75, 3.05) is 24.7 Å². The van der Waals surface area contributed by atoms with Crippen LogP contribution in [-0.2, 0) is 14.2 Å². The number of halogens is 5. The lowest BCUT2D eigenvalue weighted by molar-refractivity contribution is -0.284. The number of thioether (sulfide) groups is 1. The molecular weight excluding hydrogens is 712 g/mol. The van der Waals surface area contributed by atoms with Gasteiger partial charge in [-0.15, -0.1) is 0 Å². The second-order valence-corrected chi connectivity index (χ2v) is 17.9. The number of hydrogen-bond acceptors (Lipinski definition) is 6. The zero-order chi connectivity index (χ0) is 37.5. The molecule has 2 heterocycles. The van der Waals surface area contributed by atoms with Gasteiger partial charge in [-0.2, -0.15) is 33.7 Å². The van der Waals surface area contributed by atoms with Crippen LogP contribution in [0.2, 0.25) is 0 Å². The van der Waals surface area contributed by atoms with Crippen LogP contribution >= 0.6 is 11.8 Å². The van der Waals surface area contributed by atoms with Crippen LogP contribution in [0.5, 0.6) is 5.75 Å². The predicted molar refractivity (Wildman–Crippen MR) is 198 cm³/mol. The van der Waals surface area contributed by atoms with E-state index in [1.54, 1.807) is 0 Å². The smallest absolute Gasteiger partial charge is 0.453 e. The van der Waals surface area contributed by atoms with E-state index in [1.807, 2.05) is 6.07 Å². The third kappa shape index (κ3) is 10.1. The lowest BCUT2D eigenvalue weighted by Crippen LogP contribution is -2.50. The average Bonchev–Trinajstić information content (AvgIpc) is 3.47. The monoisotopic (exact) mass is 772 g/mol. The van der Waals surface area contributed by atoms with Gasteiger partial charge in [-0.3, -0.25) is 4.79 Å². The summed E-state index contributed by atoms with van der Waals surface area (Å²) in [4.78, 5) is 14.6. The third-order valence-corrected chi connectivity index (χ3v) is 14.2. The maximum Gasteiger partial charge on any atom is 0.453 e. The van der Waals surface area contributed by atoms with E-state index in [0.717, 1.165) is 139 Å². The van der Waals surface area contributed by atoms with Crippen LogP contribution in [0.1, 0.15) is 157 Å². The van der Waals surface area contributed by atoms with Crippen LogP contribution in [0.25, 0.3) is 0 Å². The number of hydrogen-bond donors (Lipinski definition) is 0. The van der Waals surface area contributed by atoms with E-state index < -0.39 is 18.5 Å². The van der Waals surface area contributed by atoms with E-state index in [1.165, 1.54) is 17.3 Å². The van der Waals surface area contributed by atoms with Crippen molar-refractivity contribution in [3.63, 3.8) is 0 Å². The highest BCUT2D eigenvalue weighted by atomic mass is 32.2. The molecule has 2 aliphatic heterocycles. The normalized spacial score (nSPS) is 31.9. The molecule has 0 spiro atoms. The first-order valence-electron chi connectivity index (χ1n) is 20.7. The Bertz CT molecular complexity index is 1320. The minimum atomic E-state index is -5.46. The summed E-state index contributed by atoms with van der Waals surface area (Å²) < 4.78 is 87.9. The lowest BCUT2D eigenvalue weighted by atomic mass is 9.51. The second-order valence-electron chi connectivity index (χ2n) is 16.6. The number of ether oxygens (including phenoxy) is 4. The molecule has 4 fully saturated rings. The van der Waals surface area contributed by atoms with Crippen molar-refractivity contribution in [2.45, 2.75) is 172 Å². The molecule has 0 unspecified atom stereocenters. The van der Waals surface area contributed by atoms with Crippen molar-refractivity contribution in [2.24, 2.45) is 23.2 Å². The van der Waals surface area contributed by atoms with E-state index in [4.69, 9.17) is 18.9 Å². The van der Waals surface area contributed by atoms with Gasteiger partial charge < -0.3 is 18.9 Å². The Labute approximate surface area is 317 Å². The standard InChI is InChI=1S/C42H61F5O5S/c1-40-23-21-31-30-18-17-29(51-36-15-8-10-24-49-36)28-33(30)39(48)32(38(31)34(40)19-20-35(40)52-37-16-9-11-25-50-37)14-7-5-3-2-4-6-12-26-53-27-13-22-41(43,44)42(45,46)47/h17-18,28,31-32,34-38H,2-16,19-27H2,1H3/t31-,32+,34+,35+,36-,37-,38+,40+/m1/s1. The van der Waals surface area contributed by atoms with Crippen LogP contribution < -0.4 is 4.74 Å². The Hall–Kier alpha value is -1.43. The first kappa shape index (κ1) is 41.2. The number of rotatable bonds is 18. The minimum Gasteiger partial charge on any atom is -0.465 e. The van der Waals surface area contributed by atoms with Crippen molar-refractivity contribution in [3.8, 4) is 5.75 Å². The van der Waals surface area contributed by atoms with Gasteiger partial charge in [0.05, 0.1) is 12.7 Å². The van der Waals surface area contributed by atoms with Crippen LogP contribution in [-0.4, -0.2) is 61.3 Å². The predicted octanol–water partition coefficient (Wildman–Crippen LogP) is 12.1. The van der Waals surface area contributed by atoms with Gasteiger partial charge in [-0.05, 0) is 129 Å². The van der Waals surface area contributed by atoms with Crippen molar-refractivity contribution >= 4 is 17.5 Å². The number of fused-ring (bicyclic) bond motifs is 5. The molecule has 11 heteroatoms.